The number of carbonyl (C=O) groups is 1. The second kappa shape index (κ2) is 6.33. The number of pyridine rings is 1. The van der Waals surface area contributed by atoms with E-state index in [1.807, 2.05) is 30.3 Å². The summed E-state index contributed by atoms with van der Waals surface area (Å²) < 4.78 is 27.3. The first-order valence-corrected chi connectivity index (χ1v) is 7.46. The Morgan fingerprint density at radius 2 is 1.95 bits per heavy atom. The molecule has 3 N–H and O–H groups in total. The number of anilines is 1. The van der Waals surface area contributed by atoms with Crippen LogP contribution < -0.4 is 10.5 Å². The van der Waals surface area contributed by atoms with Crippen LogP contribution in [-0.4, -0.2) is 19.5 Å². The number of amides is 1. The van der Waals surface area contributed by atoms with Crippen molar-refractivity contribution in [3.05, 3.63) is 54.2 Å². The van der Waals surface area contributed by atoms with Gasteiger partial charge in [-0.25, -0.2) is 23.3 Å². The first kappa shape index (κ1) is 14.9. The first-order chi connectivity index (χ1) is 9.95. The zero-order chi connectivity index (χ0) is 15.3. The number of aromatic nitrogens is 1. The number of nitrogens with two attached hydrogens (primary N) is 1. The SMILES string of the molecule is NS(=O)(=O)c1cc(NC(=O)OCc2ccccc2)ccn1. The molecule has 0 saturated heterocycles. The van der Waals surface area contributed by atoms with Crippen molar-refractivity contribution in [2.45, 2.75) is 11.6 Å². The lowest BCUT2D eigenvalue weighted by molar-refractivity contribution is 0.155. The van der Waals surface area contributed by atoms with Crippen molar-refractivity contribution in [2.75, 3.05) is 5.32 Å². The monoisotopic (exact) mass is 307 g/mol. The number of ether oxygens (including phenoxy) is 1. The Kier molecular flexibility index (Phi) is 4.51. The second-order valence-electron chi connectivity index (χ2n) is 4.11. The van der Waals surface area contributed by atoms with Gasteiger partial charge in [0, 0.05) is 18.0 Å². The second-order valence-corrected chi connectivity index (χ2v) is 5.62. The molecule has 0 bridgehead atoms. The highest BCUT2D eigenvalue weighted by Gasteiger charge is 2.11. The normalized spacial score (nSPS) is 10.9. The van der Waals surface area contributed by atoms with Crippen LogP contribution in [0.15, 0.2) is 53.7 Å². The maximum atomic E-state index is 11.6. The standard InChI is InChI=1S/C13H13N3O4S/c14-21(18,19)12-8-11(6-7-15-12)16-13(17)20-9-10-4-2-1-3-5-10/h1-8H,9H2,(H2,14,18,19)(H,15,16,17). The third-order valence-corrected chi connectivity index (χ3v) is 3.29. The molecule has 1 heterocycles. The molecule has 0 atom stereocenters. The van der Waals surface area contributed by atoms with Gasteiger partial charge in [0.1, 0.15) is 6.61 Å². The minimum atomic E-state index is -3.92. The highest BCUT2D eigenvalue weighted by Crippen LogP contribution is 2.12. The van der Waals surface area contributed by atoms with Gasteiger partial charge in [-0.05, 0) is 11.6 Å². The van der Waals surface area contributed by atoms with Gasteiger partial charge in [0.2, 0.25) is 0 Å². The summed E-state index contributed by atoms with van der Waals surface area (Å²) in [6, 6.07) is 11.7. The molecule has 1 aromatic heterocycles. The number of rotatable bonds is 4. The maximum absolute atomic E-state index is 11.6. The lowest BCUT2D eigenvalue weighted by Gasteiger charge is -2.07. The van der Waals surface area contributed by atoms with Crippen LogP contribution >= 0.6 is 0 Å². The van der Waals surface area contributed by atoms with Crippen molar-refractivity contribution < 1.29 is 17.9 Å². The van der Waals surface area contributed by atoms with E-state index in [4.69, 9.17) is 9.88 Å². The third-order valence-electron chi connectivity index (χ3n) is 2.49. The molecule has 0 unspecified atom stereocenters. The summed E-state index contributed by atoms with van der Waals surface area (Å²) in [6.07, 6.45) is 0.525. The van der Waals surface area contributed by atoms with Gasteiger partial charge in [-0.1, -0.05) is 30.3 Å². The van der Waals surface area contributed by atoms with E-state index >= 15 is 0 Å². The van der Waals surface area contributed by atoms with Crippen molar-refractivity contribution in [2.24, 2.45) is 5.14 Å². The van der Waals surface area contributed by atoms with Crippen LogP contribution in [-0.2, 0) is 21.4 Å². The van der Waals surface area contributed by atoms with Crippen LogP contribution in [0.1, 0.15) is 5.56 Å². The molecule has 0 aliphatic heterocycles. The molecule has 7 nitrogen and oxygen atoms in total. The van der Waals surface area contributed by atoms with Gasteiger partial charge in [-0.15, -0.1) is 0 Å². The van der Waals surface area contributed by atoms with E-state index in [1.54, 1.807) is 0 Å². The Balaban J connectivity index is 1.97. The molecular formula is C13H13N3O4S. The van der Waals surface area contributed by atoms with Crippen molar-refractivity contribution in [3.8, 4) is 0 Å². The van der Waals surface area contributed by atoms with Crippen molar-refractivity contribution in [1.29, 1.82) is 0 Å². The lowest BCUT2D eigenvalue weighted by Crippen LogP contribution is -2.16. The largest absolute Gasteiger partial charge is 0.444 e. The molecular weight excluding hydrogens is 294 g/mol. The number of hydrogen-bond acceptors (Lipinski definition) is 5. The Morgan fingerprint density at radius 1 is 1.24 bits per heavy atom. The van der Waals surface area contributed by atoms with E-state index in [0.29, 0.717) is 0 Å². The van der Waals surface area contributed by atoms with Crippen LogP contribution in [0, 0.1) is 0 Å². The van der Waals surface area contributed by atoms with E-state index in [2.05, 4.69) is 10.3 Å². The van der Waals surface area contributed by atoms with Gasteiger partial charge in [0.05, 0.1) is 0 Å². The summed E-state index contributed by atoms with van der Waals surface area (Å²) in [7, 11) is -3.92. The van der Waals surface area contributed by atoms with Gasteiger partial charge < -0.3 is 4.74 Å². The van der Waals surface area contributed by atoms with Crippen LogP contribution in [0.4, 0.5) is 10.5 Å². The summed E-state index contributed by atoms with van der Waals surface area (Å²) in [5.74, 6) is 0. The molecule has 1 amide bonds. The number of benzene rings is 1. The van der Waals surface area contributed by atoms with Crippen molar-refractivity contribution >= 4 is 21.8 Å². The Labute approximate surface area is 121 Å². The quantitative estimate of drug-likeness (QED) is 0.888. The molecule has 0 aliphatic carbocycles. The van der Waals surface area contributed by atoms with Crippen LogP contribution in [0.2, 0.25) is 0 Å². The molecule has 1 aromatic carbocycles. The molecule has 0 fully saturated rings. The molecule has 8 heteroatoms. The molecule has 0 radical (unpaired) electrons. The highest BCUT2D eigenvalue weighted by molar-refractivity contribution is 7.89. The van der Waals surface area contributed by atoms with E-state index in [-0.39, 0.29) is 17.3 Å². The van der Waals surface area contributed by atoms with Crippen LogP contribution in [0.25, 0.3) is 0 Å². The molecule has 110 valence electrons. The van der Waals surface area contributed by atoms with Gasteiger partial charge in [0.25, 0.3) is 10.0 Å². The van der Waals surface area contributed by atoms with Crippen molar-refractivity contribution in [1.82, 2.24) is 4.98 Å². The Hall–Kier alpha value is -2.45. The maximum Gasteiger partial charge on any atom is 0.411 e. The summed E-state index contributed by atoms with van der Waals surface area (Å²) in [4.78, 5) is 15.2. The molecule has 2 rings (SSSR count). The van der Waals surface area contributed by atoms with E-state index < -0.39 is 16.1 Å². The van der Waals surface area contributed by atoms with Crippen molar-refractivity contribution in [3.63, 3.8) is 0 Å². The number of sulfonamides is 1. The minimum absolute atomic E-state index is 0.111. The first-order valence-electron chi connectivity index (χ1n) is 5.92. The zero-order valence-electron chi connectivity index (χ0n) is 10.9. The predicted octanol–water partition coefficient (Wildman–Crippen LogP) is 1.48. The fourth-order valence-electron chi connectivity index (χ4n) is 1.52. The van der Waals surface area contributed by atoms with Gasteiger partial charge in [0.15, 0.2) is 5.03 Å². The fraction of sp³-hybridized carbons (Fsp3) is 0.0769. The van der Waals surface area contributed by atoms with Crippen LogP contribution in [0.5, 0.6) is 0 Å². The van der Waals surface area contributed by atoms with Gasteiger partial charge in [-0.3, -0.25) is 5.32 Å². The number of carbonyl (C=O) groups excluding carboxylic acids is 1. The Bertz CT molecular complexity index is 732. The lowest BCUT2D eigenvalue weighted by atomic mass is 10.2. The number of nitrogens with one attached hydrogen (secondary N) is 1. The summed E-state index contributed by atoms with van der Waals surface area (Å²) in [5.41, 5.74) is 1.07. The van der Waals surface area contributed by atoms with E-state index in [1.165, 1.54) is 12.3 Å². The highest BCUT2D eigenvalue weighted by atomic mass is 32.2. The molecule has 21 heavy (non-hydrogen) atoms. The summed E-state index contributed by atoms with van der Waals surface area (Å²) in [5, 5.41) is 7.03. The summed E-state index contributed by atoms with van der Waals surface area (Å²) in [6.45, 7) is 0.111. The average Bonchev–Trinajstić information content (AvgIpc) is 2.46. The van der Waals surface area contributed by atoms with Gasteiger partial charge in [-0.2, -0.15) is 0 Å². The van der Waals surface area contributed by atoms with E-state index in [0.717, 1.165) is 11.6 Å². The Morgan fingerprint density at radius 3 is 2.62 bits per heavy atom. The predicted molar refractivity (Wildman–Crippen MR) is 75.9 cm³/mol. The van der Waals surface area contributed by atoms with E-state index in [9.17, 15) is 13.2 Å². The molecule has 0 aliphatic rings. The van der Waals surface area contributed by atoms with Gasteiger partial charge >= 0.3 is 6.09 Å². The third kappa shape index (κ3) is 4.55. The zero-order valence-corrected chi connectivity index (χ0v) is 11.7. The fourth-order valence-corrected chi connectivity index (χ4v) is 2.02. The number of hydrogen-bond donors (Lipinski definition) is 2. The minimum Gasteiger partial charge on any atom is -0.444 e. The molecule has 2 aromatic rings. The average molecular weight is 307 g/mol. The molecule has 0 saturated carbocycles. The van der Waals surface area contributed by atoms with Crippen LogP contribution in [0.3, 0.4) is 0 Å². The topological polar surface area (TPSA) is 111 Å². The smallest absolute Gasteiger partial charge is 0.411 e. The molecule has 0 spiro atoms. The summed E-state index contributed by atoms with van der Waals surface area (Å²) >= 11 is 0. The number of nitrogens with zero attached hydrogens (tertiary/aromatic N) is 1. The number of primary sulfonamides is 1.